The highest BCUT2D eigenvalue weighted by Gasteiger charge is 2.21. The predicted molar refractivity (Wildman–Crippen MR) is 317 cm³/mol. The number of hydrogen-bond acceptors (Lipinski definition) is 12. The van der Waals surface area contributed by atoms with Crippen molar-refractivity contribution >= 4 is 35.8 Å². The van der Waals surface area contributed by atoms with Gasteiger partial charge in [0.05, 0.1) is 0 Å². The lowest BCUT2D eigenvalue weighted by Gasteiger charge is -2.19. The fourth-order valence-electron chi connectivity index (χ4n) is 9.27. The molecule has 0 aliphatic rings. The van der Waals surface area contributed by atoms with Gasteiger partial charge in [0.15, 0.2) is 6.10 Å². The van der Waals surface area contributed by atoms with E-state index in [1.165, 1.54) is 76.0 Å². The molecule has 0 bridgehead atoms. The Kier molecular flexibility index (Phi) is 52.6. The summed E-state index contributed by atoms with van der Waals surface area (Å²) in [6, 6.07) is 0. The Morgan fingerprint density at radius 3 is 0.987 bits per heavy atom. The Morgan fingerprint density at radius 1 is 0.308 bits per heavy atom. The summed E-state index contributed by atoms with van der Waals surface area (Å²) < 4.78 is 33.6. The van der Waals surface area contributed by atoms with Gasteiger partial charge in [0.2, 0.25) is 0 Å². The van der Waals surface area contributed by atoms with E-state index in [-0.39, 0.29) is 68.7 Å². The van der Waals surface area contributed by atoms with Gasteiger partial charge in [-0.25, -0.2) is 14.4 Å². The molecule has 78 heavy (non-hydrogen) atoms. The average Bonchev–Trinajstić information content (AvgIpc) is 3.43. The highest BCUT2D eigenvalue weighted by Crippen LogP contribution is 2.20. The van der Waals surface area contributed by atoms with E-state index in [4.69, 9.17) is 28.4 Å². The van der Waals surface area contributed by atoms with Crippen LogP contribution in [0.5, 0.6) is 0 Å². The summed E-state index contributed by atoms with van der Waals surface area (Å²) in [5.74, 6) is -2.37. The van der Waals surface area contributed by atoms with Gasteiger partial charge in [-0.05, 0) is 128 Å². The van der Waals surface area contributed by atoms with Gasteiger partial charge in [0, 0.05) is 37.5 Å². The summed E-state index contributed by atoms with van der Waals surface area (Å²) in [5, 5.41) is 0. The number of carbonyl (C=O) groups excluding carboxylic acids is 6. The Hall–Kier alpha value is -4.48. The number of unbranched alkanes of at least 4 members (excludes halogenated alkanes) is 24. The molecule has 0 heterocycles. The van der Waals surface area contributed by atoms with Crippen LogP contribution in [0.3, 0.4) is 0 Å². The summed E-state index contributed by atoms with van der Waals surface area (Å²) in [5.41, 5.74) is 0. The van der Waals surface area contributed by atoms with Crippen molar-refractivity contribution in [3.05, 3.63) is 62.3 Å². The van der Waals surface area contributed by atoms with E-state index in [9.17, 15) is 28.8 Å². The molecule has 12 heteroatoms. The van der Waals surface area contributed by atoms with Crippen molar-refractivity contribution in [3.63, 3.8) is 0 Å². The Labute approximate surface area is 475 Å². The number of carbonyl (C=O) groups is 6. The van der Waals surface area contributed by atoms with Gasteiger partial charge in [-0.3, -0.25) is 14.4 Å². The van der Waals surface area contributed by atoms with Crippen LogP contribution >= 0.6 is 0 Å². The minimum atomic E-state index is -0.920. The quantitative estimate of drug-likeness (QED) is 0.0187. The van der Waals surface area contributed by atoms with Gasteiger partial charge in [-0.15, -0.1) is 0 Å². The first-order valence-electron chi connectivity index (χ1n) is 31.3. The molecule has 0 amide bonds. The number of allylic oxidation sites excluding steroid dienone is 4. The topological polar surface area (TPSA) is 158 Å². The molecule has 0 fully saturated rings. The number of hydrogen-bond donors (Lipinski definition) is 0. The van der Waals surface area contributed by atoms with Gasteiger partial charge in [-0.2, -0.15) is 0 Å². The minimum absolute atomic E-state index is 0.0420. The number of esters is 6. The van der Waals surface area contributed by atoms with Crippen LogP contribution in [0, 0.1) is 0 Å². The second kappa shape index (κ2) is 55.8. The first-order valence-corrected chi connectivity index (χ1v) is 31.3. The minimum Gasteiger partial charge on any atom is -0.462 e. The van der Waals surface area contributed by atoms with Crippen LogP contribution < -0.4 is 0 Å². The molecule has 0 N–H and O–H groups in total. The standard InChI is InChI=1S/C66H112O12/c1-7-13-15-17-19-23-27-33-40-49-59(77-63(69)12-6)51-42-37-45-54-66(72)78-60(55-73-64(70)52-43-35-29-25-22-20-21-24-28-32-38-47-57(46-9-3)75-61(67)10-4)56-74-65(71)53-44-36-30-34-41-50-58(76-62(68)11-5)48-39-31-26-18-16-14-8-2/h10-12,23-24,27-28,57-60H,4-9,13-22,25-26,29-56H2,1-3H3/b27-23+,28-24+. The SMILES string of the molecule is C=CC(=O)OC(CCC)CCC/C=C/CCCCCCCCC(=O)OCC(COC(=O)CCCCCCCC(CCCCCCCCC)OC(=O)C=C)OC(=O)CCCCCC(CCC/C=C/CCCCCC)OC(=O)C=C. The monoisotopic (exact) mass is 1100 g/mol. The predicted octanol–water partition coefficient (Wildman–Crippen LogP) is 17.4. The van der Waals surface area contributed by atoms with Gasteiger partial charge in [0.1, 0.15) is 31.5 Å². The lowest BCUT2D eigenvalue weighted by Crippen LogP contribution is -2.30. The van der Waals surface area contributed by atoms with Crippen LogP contribution in [-0.4, -0.2) is 73.4 Å². The van der Waals surface area contributed by atoms with E-state index in [1.54, 1.807) is 0 Å². The highest BCUT2D eigenvalue weighted by atomic mass is 16.6. The van der Waals surface area contributed by atoms with Crippen LogP contribution in [0.2, 0.25) is 0 Å². The fourth-order valence-corrected chi connectivity index (χ4v) is 9.27. The van der Waals surface area contributed by atoms with Crippen LogP contribution in [0.4, 0.5) is 0 Å². The van der Waals surface area contributed by atoms with Crippen LogP contribution in [-0.2, 0) is 57.2 Å². The van der Waals surface area contributed by atoms with E-state index in [1.807, 2.05) is 0 Å². The largest absolute Gasteiger partial charge is 0.462 e. The molecule has 0 saturated carbocycles. The molecule has 0 aromatic heterocycles. The zero-order valence-corrected chi connectivity index (χ0v) is 49.8. The molecule has 0 aromatic rings. The zero-order valence-electron chi connectivity index (χ0n) is 49.8. The van der Waals surface area contributed by atoms with Crippen molar-refractivity contribution in [2.45, 2.75) is 308 Å². The van der Waals surface area contributed by atoms with Crippen molar-refractivity contribution in [3.8, 4) is 0 Å². The normalized spacial score (nSPS) is 12.9. The summed E-state index contributed by atoms with van der Waals surface area (Å²) in [4.78, 5) is 74.3. The third kappa shape index (κ3) is 49.8. The van der Waals surface area contributed by atoms with Crippen molar-refractivity contribution in [1.29, 1.82) is 0 Å². The smallest absolute Gasteiger partial charge is 0.330 e. The van der Waals surface area contributed by atoms with E-state index >= 15 is 0 Å². The molecule has 12 nitrogen and oxygen atoms in total. The van der Waals surface area contributed by atoms with Gasteiger partial charge in [0.25, 0.3) is 0 Å². The summed E-state index contributed by atoms with van der Waals surface area (Å²) >= 11 is 0. The van der Waals surface area contributed by atoms with Crippen LogP contribution in [0.1, 0.15) is 284 Å². The summed E-state index contributed by atoms with van der Waals surface area (Å²) in [6.45, 7) is 16.7. The molecule has 448 valence electrons. The number of ether oxygens (including phenoxy) is 6. The molecule has 0 spiro atoms. The summed E-state index contributed by atoms with van der Waals surface area (Å²) in [6.07, 6.45) is 49.6. The molecule has 0 rings (SSSR count). The van der Waals surface area contributed by atoms with Crippen LogP contribution in [0.25, 0.3) is 0 Å². The lowest BCUT2D eigenvalue weighted by molar-refractivity contribution is -0.167. The van der Waals surface area contributed by atoms with Crippen molar-refractivity contribution in [2.75, 3.05) is 13.2 Å². The van der Waals surface area contributed by atoms with E-state index < -0.39 is 24.0 Å². The van der Waals surface area contributed by atoms with Gasteiger partial charge < -0.3 is 28.4 Å². The molecule has 0 saturated heterocycles. The fraction of sp³-hybridized carbons (Fsp3) is 0.758. The first kappa shape index (κ1) is 73.5. The van der Waals surface area contributed by atoms with Crippen molar-refractivity contribution in [2.24, 2.45) is 0 Å². The van der Waals surface area contributed by atoms with E-state index in [0.717, 1.165) is 161 Å². The molecule has 0 radical (unpaired) electrons. The molecule has 4 atom stereocenters. The maximum Gasteiger partial charge on any atom is 0.330 e. The second-order valence-corrected chi connectivity index (χ2v) is 21.2. The molecular weight excluding hydrogens is 985 g/mol. The maximum absolute atomic E-state index is 13.1. The third-order valence-electron chi connectivity index (χ3n) is 13.9. The van der Waals surface area contributed by atoms with Gasteiger partial charge in [-0.1, -0.05) is 180 Å². The Morgan fingerprint density at radius 2 is 0.603 bits per heavy atom. The first-order chi connectivity index (χ1) is 38.0. The lowest BCUT2D eigenvalue weighted by atomic mass is 10.0. The maximum atomic E-state index is 13.1. The van der Waals surface area contributed by atoms with Crippen molar-refractivity contribution in [1.82, 2.24) is 0 Å². The zero-order chi connectivity index (χ0) is 57.4. The van der Waals surface area contributed by atoms with E-state index in [0.29, 0.717) is 25.7 Å². The van der Waals surface area contributed by atoms with Gasteiger partial charge >= 0.3 is 35.8 Å². The van der Waals surface area contributed by atoms with E-state index in [2.05, 4.69) is 64.8 Å². The van der Waals surface area contributed by atoms with Crippen molar-refractivity contribution < 1.29 is 57.2 Å². The average molecular weight is 1100 g/mol. The molecular formula is C66H112O12. The third-order valence-corrected chi connectivity index (χ3v) is 13.9. The van der Waals surface area contributed by atoms with Crippen LogP contribution in [0.15, 0.2) is 62.3 Å². The highest BCUT2D eigenvalue weighted by molar-refractivity contribution is 5.82. The Bertz CT molecular complexity index is 1600. The molecule has 0 aliphatic carbocycles. The summed E-state index contributed by atoms with van der Waals surface area (Å²) in [7, 11) is 0. The molecule has 0 aromatic carbocycles. The number of rotatable bonds is 57. The molecule has 4 unspecified atom stereocenters. The Balaban J connectivity index is 4.95. The second-order valence-electron chi connectivity index (χ2n) is 21.2. The molecule has 0 aliphatic heterocycles.